The molecule has 0 atom stereocenters. The molecule has 6 nitrogen and oxygen atoms in total. The molecule has 0 aliphatic heterocycles. The lowest BCUT2D eigenvalue weighted by Crippen LogP contribution is -2.55. The van der Waals surface area contributed by atoms with Crippen molar-refractivity contribution in [1.29, 1.82) is 0 Å². The fourth-order valence-corrected chi connectivity index (χ4v) is 5.85. The second kappa shape index (κ2) is 7.70. The maximum atomic E-state index is 12.3. The van der Waals surface area contributed by atoms with Crippen LogP contribution in [0.25, 0.3) is 0 Å². The van der Waals surface area contributed by atoms with Crippen molar-refractivity contribution < 1.29 is 18.3 Å². The van der Waals surface area contributed by atoms with E-state index in [2.05, 4.69) is 4.72 Å². The van der Waals surface area contributed by atoms with E-state index in [0.717, 1.165) is 45.1 Å². The van der Waals surface area contributed by atoms with Crippen LogP contribution in [0.2, 0.25) is 0 Å². The highest BCUT2D eigenvalue weighted by atomic mass is 32.2. The van der Waals surface area contributed by atoms with Crippen molar-refractivity contribution in [3.05, 3.63) is 0 Å². The molecule has 2 N–H and O–H groups in total. The number of carboxylic acids is 1. The molecule has 24 heavy (non-hydrogen) atoms. The van der Waals surface area contributed by atoms with E-state index < -0.39 is 16.0 Å². The summed E-state index contributed by atoms with van der Waals surface area (Å²) in [5.74, 6) is 0.420. The molecular weight excluding hydrogens is 328 g/mol. The van der Waals surface area contributed by atoms with Crippen LogP contribution in [-0.2, 0) is 14.8 Å². The van der Waals surface area contributed by atoms with Crippen molar-refractivity contribution in [1.82, 2.24) is 9.62 Å². The van der Waals surface area contributed by atoms with Crippen molar-refractivity contribution in [2.75, 3.05) is 18.8 Å². The van der Waals surface area contributed by atoms with Crippen LogP contribution in [-0.4, -0.2) is 55.3 Å². The summed E-state index contributed by atoms with van der Waals surface area (Å²) in [5.41, 5.74) is 0. The van der Waals surface area contributed by atoms with Crippen molar-refractivity contribution in [3.8, 4) is 0 Å². The largest absolute Gasteiger partial charge is 0.480 e. The second-order valence-electron chi connectivity index (χ2n) is 7.99. The molecule has 0 bridgehead atoms. The minimum Gasteiger partial charge on any atom is -0.480 e. The highest BCUT2D eigenvalue weighted by molar-refractivity contribution is 7.89. The van der Waals surface area contributed by atoms with Gasteiger partial charge in [-0.1, -0.05) is 19.3 Å². The summed E-state index contributed by atoms with van der Waals surface area (Å²) in [7, 11) is -3.21. The van der Waals surface area contributed by atoms with E-state index in [0.29, 0.717) is 11.8 Å². The number of hydrogen-bond acceptors (Lipinski definition) is 4. The molecule has 0 aromatic heterocycles. The third kappa shape index (κ3) is 5.43. The van der Waals surface area contributed by atoms with Crippen molar-refractivity contribution in [2.24, 2.45) is 11.8 Å². The SMILES string of the molecule is O=C(O)CN(CC1CC1)C1CC(NS(=O)(=O)CC2CCCCC2)C1. The van der Waals surface area contributed by atoms with Crippen LogP contribution in [0.4, 0.5) is 0 Å². The van der Waals surface area contributed by atoms with Gasteiger partial charge in [-0.3, -0.25) is 9.69 Å². The van der Waals surface area contributed by atoms with E-state index in [4.69, 9.17) is 5.11 Å². The van der Waals surface area contributed by atoms with Crippen molar-refractivity contribution >= 4 is 16.0 Å². The summed E-state index contributed by atoms with van der Waals surface area (Å²) >= 11 is 0. The molecule has 0 unspecified atom stereocenters. The van der Waals surface area contributed by atoms with Gasteiger partial charge < -0.3 is 5.11 Å². The Bertz CT molecular complexity index is 535. The average molecular weight is 359 g/mol. The van der Waals surface area contributed by atoms with Crippen LogP contribution < -0.4 is 4.72 Å². The first kappa shape index (κ1) is 18.1. The van der Waals surface area contributed by atoms with Gasteiger partial charge in [0.15, 0.2) is 0 Å². The molecule has 0 spiro atoms. The zero-order valence-corrected chi connectivity index (χ0v) is 15.1. The Balaban J connectivity index is 1.43. The number of nitrogens with one attached hydrogen (secondary N) is 1. The Kier molecular flexibility index (Phi) is 5.82. The van der Waals surface area contributed by atoms with Gasteiger partial charge in [0.05, 0.1) is 12.3 Å². The summed E-state index contributed by atoms with van der Waals surface area (Å²) in [6.07, 6.45) is 9.46. The lowest BCUT2D eigenvalue weighted by molar-refractivity contribution is -0.139. The number of rotatable bonds is 9. The quantitative estimate of drug-likeness (QED) is 0.656. The fraction of sp³-hybridized carbons (Fsp3) is 0.941. The molecule has 3 aliphatic rings. The highest BCUT2D eigenvalue weighted by Gasteiger charge is 2.38. The molecule has 7 heteroatoms. The number of aliphatic carboxylic acids is 1. The van der Waals surface area contributed by atoms with E-state index in [-0.39, 0.29) is 24.4 Å². The molecule has 3 fully saturated rings. The number of hydrogen-bond donors (Lipinski definition) is 2. The topological polar surface area (TPSA) is 86.7 Å². The Morgan fingerprint density at radius 1 is 1.04 bits per heavy atom. The van der Waals surface area contributed by atoms with Crippen LogP contribution >= 0.6 is 0 Å². The minimum absolute atomic E-state index is 0.0147. The van der Waals surface area contributed by atoms with Gasteiger partial charge in [0.1, 0.15) is 0 Å². The summed E-state index contributed by atoms with van der Waals surface area (Å²) in [6.45, 7) is 0.918. The Hall–Kier alpha value is -0.660. The molecule has 3 aliphatic carbocycles. The van der Waals surface area contributed by atoms with Crippen LogP contribution in [0.3, 0.4) is 0 Å². The van der Waals surface area contributed by atoms with Gasteiger partial charge in [0.2, 0.25) is 10.0 Å². The summed E-state index contributed by atoms with van der Waals surface area (Å²) in [4.78, 5) is 13.1. The highest BCUT2D eigenvalue weighted by Crippen LogP contribution is 2.34. The molecule has 0 saturated heterocycles. The lowest BCUT2D eigenvalue weighted by Gasteiger charge is -2.42. The predicted octanol–water partition coefficient (Wildman–Crippen LogP) is 1.81. The normalized spacial score (nSPS) is 28.7. The van der Waals surface area contributed by atoms with Crippen LogP contribution in [0.15, 0.2) is 0 Å². The molecule has 0 aromatic rings. The van der Waals surface area contributed by atoms with Crippen LogP contribution in [0, 0.1) is 11.8 Å². The zero-order chi connectivity index (χ0) is 17.2. The first-order valence-corrected chi connectivity index (χ1v) is 11.0. The van der Waals surface area contributed by atoms with Gasteiger partial charge in [-0.25, -0.2) is 13.1 Å². The maximum absolute atomic E-state index is 12.3. The third-order valence-corrected chi connectivity index (χ3v) is 7.29. The standard InChI is InChI=1S/C17H30N2O4S/c20-17(21)11-19(10-13-6-7-13)16-8-15(9-16)18-24(22,23)12-14-4-2-1-3-5-14/h13-16,18H,1-12H2,(H,20,21). The second-order valence-corrected chi connectivity index (χ2v) is 9.79. The maximum Gasteiger partial charge on any atom is 0.317 e. The number of carbonyl (C=O) groups is 1. The zero-order valence-electron chi connectivity index (χ0n) is 14.3. The van der Waals surface area contributed by atoms with Gasteiger partial charge in [-0.2, -0.15) is 0 Å². The lowest BCUT2D eigenvalue weighted by atomic mass is 9.86. The molecule has 138 valence electrons. The van der Waals surface area contributed by atoms with Gasteiger partial charge in [-0.05, 0) is 50.4 Å². The molecule has 0 radical (unpaired) electrons. The van der Waals surface area contributed by atoms with Crippen molar-refractivity contribution in [2.45, 2.75) is 69.9 Å². The van der Waals surface area contributed by atoms with E-state index in [1.165, 1.54) is 19.3 Å². The molecule has 3 saturated carbocycles. The van der Waals surface area contributed by atoms with E-state index >= 15 is 0 Å². The smallest absolute Gasteiger partial charge is 0.317 e. The van der Waals surface area contributed by atoms with Gasteiger partial charge >= 0.3 is 5.97 Å². The van der Waals surface area contributed by atoms with Gasteiger partial charge in [0.25, 0.3) is 0 Å². The first-order valence-electron chi connectivity index (χ1n) is 9.37. The van der Waals surface area contributed by atoms with E-state index in [1.807, 2.05) is 4.90 Å². The Labute approximate surface area is 145 Å². The third-order valence-electron chi connectivity index (χ3n) is 5.68. The van der Waals surface area contributed by atoms with Gasteiger partial charge in [0, 0.05) is 18.6 Å². The van der Waals surface area contributed by atoms with Gasteiger partial charge in [-0.15, -0.1) is 0 Å². The number of sulfonamides is 1. The van der Waals surface area contributed by atoms with E-state index in [1.54, 1.807) is 0 Å². The average Bonchev–Trinajstić information content (AvgIpc) is 3.26. The Morgan fingerprint density at radius 2 is 1.71 bits per heavy atom. The number of nitrogens with zero attached hydrogens (tertiary/aromatic N) is 1. The molecule has 0 heterocycles. The predicted molar refractivity (Wildman–Crippen MR) is 92.2 cm³/mol. The summed E-state index contributed by atoms with van der Waals surface area (Å²) in [5, 5.41) is 9.07. The monoisotopic (exact) mass is 358 g/mol. The molecule has 0 amide bonds. The van der Waals surface area contributed by atoms with E-state index in [9.17, 15) is 13.2 Å². The molecular formula is C17H30N2O4S. The molecule has 3 rings (SSSR count). The Morgan fingerprint density at radius 3 is 2.29 bits per heavy atom. The van der Waals surface area contributed by atoms with Crippen molar-refractivity contribution in [3.63, 3.8) is 0 Å². The molecule has 0 aromatic carbocycles. The summed E-state index contributed by atoms with van der Waals surface area (Å²) in [6, 6.07) is 0.197. The minimum atomic E-state index is -3.21. The van der Waals surface area contributed by atoms with Crippen LogP contribution in [0.5, 0.6) is 0 Å². The fourth-order valence-electron chi connectivity index (χ4n) is 4.10. The summed E-state index contributed by atoms with van der Waals surface area (Å²) < 4.78 is 27.5. The van der Waals surface area contributed by atoms with Crippen LogP contribution in [0.1, 0.15) is 57.8 Å². The number of carboxylic acid groups (broad SMARTS) is 1. The first-order chi connectivity index (χ1) is 11.4.